The number of likely N-dealkylation sites (tertiary alicyclic amines) is 2. The number of carboxylic acids is 1. The molecule has 0 bridgehead atoms. The van der Waals surface area contributed by atoms with Gasteiger partial charge in [0.25, 0.3) is 0 Å². The molecule has 4 heterocycles. The van der Waals surface area contributed by atoms with Crippen molar-refractivity contribution in [2.75, 3.05) is 47.4 Å². The third-order valence-electron chi connectivity index (χ3n) is 12.3. The molecule has 13 nitrogen and oxygen atoms in total. The summed E-state index contributed by atoms with van der Waals surface area (Å²) >= 11 is 0. The second kappa shape index (κ2) is 16.8. The lowest BCUT2D eigenvalue weighted by atomic mass is 9.72. The molecule has 2 saturated heterocycles. The van der Waals surface area contributed by atoms with Crippen LogP contribution >= 0.6 is 0 Å². The van der Waals surface area contributed by atoms with E-state index in [0.29, 0.717) is 35.6 Å². The third-order valence-corrected chi connectivity index (χ3v) is 12.3. The first kappa shape index (κ1) is 40.5. The highest BCUT2D eigenvalue weighted by atomic mass is 16.5. The van der Waals surface area contributed by atoms with Gasteiger partial charge in [0.15, 0.2) is 5.58 Å². The summed E-state index contributed by atoms with van der Waals surface area (Å²) < 4.78 is 20.0. The molecule has 2 aromatic heterocycles. The SMILES string of the molecule is CNCc1cc(C#N)c2oc(-c3cccc(-c4cccc5c4cnn5-c4cc(OC)c(CN5CC6(C5)CN(C(C)=O)C6)c(OC)c4)c3C)nc2c1.O=C(O)C1CCCCC1. The Labute approximate surface area is 349 Å². The molecule has 0 radical (unpaired) electrons. The normalized spacial score (nSPS) is 16.2. The van der Waals surface area contributed by atoms with E-state index in [1.807, 2.05) is 65.3 Å². The Morgan fingerprint density at radius 1 is 0.967 bits per heavy atom. The second-order valence-electron chi connectivity index (χ2n) is 16.4. The predicted octanol–water partition coefficient (Wildman–Crippen LogP) is 7.73. The number of aliphatic carboxylic acids is 1. The van der Waals surface area contributed by atoms with Gasteiger partial charge in [-0.25, -0.2) is 9.67 Å². The van der Waals surface area contributed by atoms with E-state index in [1.165, 1.54) is 6.42 Å². The minimum absolute atomic E-state index is 0.0289. The van der Waals surface area contributed by atoms with Crippen molar-refractivity contribution in [2.45, 2.75) is 59.0 Å². The Morgan fingerprint density at radius 2 is 1.65 bits per heavy atom. The third kappa shape index (κ3) is 7.69. The van der Waals surface area contributed by atoms with Gasteiger partial charge < -0.3 is 29.2 Å². The Balaban J connectivity index is 0.000000493. The molecule has 13 heteroatoms. The van der Waals surface area contributed by atoms with E-state index < -0.39 is 5.97 Å². The zero-order valence-electron chi connectivity index (χ0n) is 34.9. The number of benzene rings is 4. The molecule has 1 saturated carbocycles. The maximum absolute atomic E-state index is 11.7. The number of amides is 1. The first-order valence-corrected chi connectivity index (χ1v) is 20.6. The van der Waals surface area contributed by atoms with Crippen LogP contribution in [0.2, 0.25) is 0 Å². The molecule has 1 aliphatic carbocycles. The fraction of sp³-hybridized carbons (Fsp3) is 0.383. The van der Waals surface area contributed by atoms with Gasteiger partial charge in [0.1, 0.15) is 23.1 Å². The van der Waals surface area contributed by atoms with Crippen molar-refractivity contribution in [3.63, 3.8) is 0 Å². The molecular weight excluding hydrogens is 759 g/mol. The molecule has 1 spiro atoms. The lowest BCUT2D eigenvalue weighted by Crippen LogP contribution is -2.72. The smallest absolute Gasteiger partial charge is 0.306 e. The zero-order valence-corrected chi connectivity index (χ0v) is 34.9. The number of aromatic nitrogens is 3. The molecule has 60 heavy (non-hydrogen) atoms. The summed E-state index contributed by atoms with van der Waals surface area (Å²) in [5.74, 6) is 1.47. The molecule has 310 valence electrons. The summed E-state index contributed by atoms with van der Waals surface area (Å²) in [5, 5.41) is 27.3. The minimum Gasteiger partial charge on any atom is -0.496 e. The number of nitriles is 1. The molecule has 4 aromatic carbocycles. The highest BCUT2D eigenvalue weighted by molar-refractivity contribution is 5.97. The van der Waals surface area contributed by atoms with Crippen LogP contribution in [-0.2, 0) is 22.7 Å². The quantitative estimate of drug-likeness (QED) is 0.139. The molecular formula is C47H51N7O6. The van der Waals surface area contributed by atoms with E-state index >= 15 is 0 Å². The Hall–Kier alpha value is -6.23. The van der Waals surface area contributed by atoms with Crippen LogP contribution in [0.5, 0.6) is 11.5 Å². The summed E-state index contributed by atoms with van der Waals surface area (Å²) in [6.07, 6.45) is 7.14. The number of nitrogens with one attached hydrogen (secondary N) is 1. The highest BCUT2D eigenvalue weighted by Crippen LogP contribution is 2.43. The maximum Gasteiger partial charge on any atom is 0.306 e. The highest BCUT2D eigenvalue weighted by Gasteiger charge is 2.52. The van der Waals surface area contributed by atoms with Crippen molar-refractivity contribution in [1.29, 1.82) is 5.26 Å². The van der Waals surface area contributed by atoms with E-state index in [1.54, 1.807) is 21.1 Å². The summed E-state index contributed by atoms with van der Waals surface area (Å²) in [6, 6.07) is 22.4. The summed E-state index contributed by atoms with van der Waals surface area (Å²) in [6.45, 7) is 8.60. The van der Waals surface area contributed by atoms with Gasteiger partial charge in [-0.05, 0) is 73.3 Å². The summed E-state index contributed by atoms with van der Waals surface area (Å²) in [7, 11) is 5.24. The molecule has 3 fully saturated rings. The number of fused-ring (bicyclic) bond motifs is 2. The standard InChI is InChI=1S/C40H39N7O4.C7H12O2/c1-24-29(8-6-9-30(24)39-44-34-13-26(17-42-3)12-27(16-41)38(34)51-39)31-10-7-11-35-32(31)18-43-47(35)28-14-36(49-4)33(37(15-28)50-5)19-45-20-40(21-45)22-46(23-40)25(2)48;8-7(9)6-4-2-1-3-5-6/h6-15,18,42H,17,19-23H2,1-5H3;6H,1-5H2,(H,8,9). The van der Waals surface area contributed by atoms with Crippen molar-refractivity contribution in [1.82, 2.24) is 29.9 Å². The van der Waals surface area contributed by atoms with Crippen LogP contribution in [-0.4, -0.2) is 89.0 Å². The van der Waals surface area contributed by atoms with Crippen LogP contribution in [0, 0.1) is 29.6 Å². The van der Waals surface area contributed by atoms with Crippen molar-refractivity contribution in [3.05, 3.63) is 89.1 Å². The van der Waals surface area contributed by atoms with Gasteiger partial charge in [-0.1, -0.05) is 43.5 Å². The summed E-state index contributed by atoms with van der Waals surface area (Å²) in [5.41, 5.74) is 9.51. The van der Waals surface area contributed by atoms with E-state index in [2.05, 4.69) is 41.4 Å². The lowest BCUT2D eigenvalue weighted by Gasteiger charge is -2.60. The number of oxazole rings is 1. The average Bonchev–Trinajstić information content (AvgIpc) is 3.86. The molecule has 6 aromatic rings. The molecule has 1 amide bonds. The van der Waals surface area contributed by atoms with E-state index in [0.717, 1.165) is 113 Å². The molecule has 0 atom stereocenters. The number of carboxylic acid groups (broad SMARTS) is 1. The average molecular weight is 810 g/mol. The number of rotatable bonds is 10. The zero-order chi connectivity index (χ0) is 42.1. The van der Waals surface area contributed by atoms with Crippen molar-refractivity contribution in [2.24, 2.45) is 11.3 Å². The topological polar surface area (TPSA) is 159 Å². The number of hydrogen-bond acceptors (Lipinski definition) is 10. The van der Waals surface area contributed by atoms with Gasteiger partial charge in [-0.2, -0.15) is 10.4 Å². The van der Waals surface area contributed by atoms with Gasteiger partial charge in [-0.15, -0.1) is 0 Å². The molecule has 9 rings (SSSR count). The summed E-state index contributed by atoms with van der Waals surface area (Å²) in [4.78, 5) is 31.2. The Morgan fingerprint density at radius 3 is 2.28 bits per heavy atom. The van der Waals surface area contributed by atoms with Crippen LogP contribution in [0.15, 0.2) is 71.3 Å². The van der Waals surface area contributed by atoms with E-state index in [4.69, 9.17) is 29.1 Å². The van der Waals surface area contributed by atoms with Crippen molar-refractivity contribution in [3.8, 4) is 45.8 Å². The van der Waals surface area contributed by atoms with Crippen LogP contribution in [0.4, 0.5) is 0 Å². The Kier molecular flexibility index (Phi) is 11.3. The molecule has 3 aliphatic rings. The van der Waals surface area contributed by atoms with Crippen molar-refractivity contribution < 1.29 is 28.6 Å². The number of methoxy groups -OCH3 is 2. The fourth-order valence-electron chi connectivity index (χ4n) is 9.27. The number of carbonyl (C=O) groups excluding carboxylic acids is 1. The number of ether oxygens (including phenoxy) is 2. The Bertz CT molecular complexity index is 2600. The largest absolute Gasteiger partial charge is 0.496 e. The first-order valence-electron chi connectivity index (χ1n) is 20.6. The molecule has 2 aliphatic heterocycles. The van der Waals surface area contributed by atoms with Gasteiger partial charge in [0.2, 0.25) is 11.8 Å². The monoisotopic (exact) mass is 809 g/mol. The van der Waals surface area contributed by atoms with Crippen molar-refractivity contribution >= 4 is 33.9 Å². The van der Waals surface area contributed by atoms with Gasteiger partial charge in [0, 0.05) is 74.7 Å². The predicted molar refractivity (Wildman–Crippen MR) is 229 cm³/mol. The number of carbonyl (C=O) groups is 2. The molecule has 2 N–H and O–H groups in total. The number of nitrogens with zero attached hydrogens (tertiary/aromatic N) is 6. The fourth-order valence-corrected chi connectivity index (χ4v) is 9.27. The second-order valence-corrected chi connectivity index (χ2v) is 16.4. The maximum atomic E-state index is 11.7. The van der Waals surface area contributed by atoms with Crippen LogP contribution in [0.3, 0.4) is 0 Å². The van der Waals surface area contributed by atoms with E-state index in [-0.39, 0.29) is 17.2 Å². The first-order chi connectivity index (χ1) is 29.0. The van der Waals surface area contributed by atoms with Gasteiger partial charge >= 0.3 is 5.97 Å². The van der Waals surface area contributed by atoms with Crippen LogP contribution < -0.4 is 14.8 Å². The van der Waals surface area contributed by atoms with E-state index in [9.17, 15) is 14.9 Å². The van der Waals surface area contributed by atoms with Crippen LogP contribution in [0.25, 0.3) is 50.3 Å². The number of hydrogen-bond donors (Lipinski definition) is 2. The van der Waals surface area contributed by atoms with Crippen LogP contribution in [0.1, 0.15) is 61.3 Å². The minimum atomic E-state index is -0.602. The molecule has 0 unspecified atom stereocenters. The van der Waals surface area contributed by atoms with Gasteiger partial charge in [-0.3, -0.25) is 14.5 Å². The lowest BCUT2D eigenvalue weighted by molar-refractivity contribution is -0.157. The van der Waals surface area contributed by atoms with Gasteiger partial charge in [0.05, 0.1) is 48.7 Å².